The minimum atomic E-state index is 0.436. The summed E-state index contributed by atoms with van der Waals surface area (Å²) < 4.78 is 1.80. The first kappa shape index (κ1) is 12.6. The summed E-state index contributed by atoms with van der Waals surface area (Å²) in [5.41, 5.74) is 1.58. The van der Waals surface area contributed by atoms with E-state index in [-0.39, 0.29) is 0 Å². The van der Waals surface area contributed by atoms with Crippen molar-refractivity contribution in [3.63, 3.8) is 0 Å². The van der Waals surface area contributed by atoms with Crippen LogP contribution in [-0.4, -0.2) is 28.1 Å². The molecule has 0 radical (unpaired) electrons. The lowest BCUT2D eigenvalue weighted by Crippen LogP contribution is -2.34. The molecule has 4 heteroatoms. The van der Waals surface area contributed by atoms with E-state index in [2.05, 4.69) is 28.7 Å². The Morgan fingerprint density at radius 2 is 2.18 bits per heavy atom. The topological polar surface area (TPSA) is 42.7 Å². The molecule has 0 bridgehead atoms. The summed E-state index contributed by atoms with van der Waals surface area (Å²) >= 11 is 0. The monoisotopic (exact) mass is 236 g/mol. The Balaban J connectivity index is 1.96. The summed E-state index contributed by atoms with van der Waals surface area (Å²) in [5, 5.41) is 11.9. The minimum absolute atomic E-state index is 0.436. The maximum absolute atomic E-state index is 4.24. The van der Waals surface area contributed by atoms with Crippen LogP contribution in [0.4, 0.5) is 0 Å². The number of nitrogens with zero attached hydrogens (tertiary/aromatic N) is 3. The van der Waals surface area contributed by atoms with Crippen LogP contribution < -0.4 is 5.32 Å². The maximum atomic E-state index is 4.24. The van der Waals surface area contributed by atoms with Gasteiger partial charge >= 0.3 is 0 Å². The van der Waals surface area contributed by atoms with Crippen molar-refractivity contribution < 1.29 is 0 Å². The molecule has 1 aliphatic carbocycles. The van der Waals surface area contributed by atoms with Crippen molar-refractivity contribution >= 4 is 0 Å². The largest absolute Gasteiger partial charge is 0.316 e. The van der Waals surface area contributed by atoms with Gasteiger partial charge in [-0.3, -0.25) is 4.68 Å². The quantitative estimate of drug-likeness (QED) is 0.767. The second-order valence-electron chi connectivity index (χ2n) is 5.44. The third kappa shape index (κ3) is 3.28. The summed E-state index contributed by atoms with van der Waals surface area (Å²) in [6.07, 6.45) is 9.75. The number of aromatic nitrogens is 3. The summed E-state index contributed by atoms with van der Waals surface area (Å²) in [4.78, 5) is 0. The van der Waals surface area contributed by atoms with Crippen LogP contribution >= 0.6 is 0 Å². The second-order valence-corrected chi connectivity index (χ2v) is 5.44. The Morgan fingerprint density at radius 1 is 1.41 bits per heavy atom. The van der Waals surface area contributed by atoms with Gasteiger partial charge < -0.3 is 5.32 Å². The van der Waals surface area contributed by atoms with E-state index in [1.807, 2.05) is 7.05 Å². The SMILES string of the molecule is CCCNCC1(Cc2cn(C)nn2)CCCC1. The van der Waals surface area contributed by atoms with Gasteiger partial charge in [0.1, 0.15) is 0 Å². The molecule has 1 heterocycles. The first-order valence-corrected chi connectivity index (χ1v) is 6.80. The van der Waals surface area contributed by atoms with Gasteiger partial charge in [0.25, 0.3) is 0 Å². The lowest BCUT2D eigenvalue weighted by molar-refractivity contribution is 0.275. The number of hydrogen-bond donors (Lipinski definition) is 1. The van der Waals surface area contributed by atoms with Crippen LogP contribution in [0.25, 0.3) is 0 Å². The standard InChI is InChI=1S/C13H24N4/c1-3-8-14-11-13(6-4-5-7-13)9-12-10-17(2)16-15-12/h10,14H,3-9,11H2,1-2H3. The lowest BCUT2D eigenvalue weighted by atomic mass is 9.81. The van der Waals surface area contributed by atoms with Crippen molar-refractivity contribution in [1.82, 2.24) is 20.3 Å². The Bertz CT molecular complexity index is 339. The van der Waals surface area contributed by atoms with Gasteiger partial charge in [-0.1, -0.05) is 25.0 Å². The Kier molecular flexibility index (Phi) is 4.15. The van der Waals surface area contributed by atoms with E-state index in [4.69, 9.17) is 0 Å². The molecule has 1 fully saturated rings. The van der Waals surface area contributed by atoms with Gasteiger partial charge in [0.05, 0.1) is 5.69 Å². The summed E-state index contributed by atoms with van der Waals surface area (Å²) in [6.45, 7) is 4.48. The minimum Gasteiger partial charge on any atom is -0.316 e. The first-order chi connectivity index (χ1) is 8.24. The smallest absolute Gasteiger partial charge is 0.0833 e. The van der Waals surface area contributed by atoms with Gasteiger partial charge in [-0.25, -0.2) is 0 Å². The van der Waals surface area contributed by atoms with Crippen molar-refractivity contribution in [3.8, 4) is 0 Å². The van der Waals surface area contributed by atoms with Gasteiger partial charge in [0, 0.05) is 19.8 Å². The molecule has 0 aliphatic heterocycles. The van der Waals surface area contributed by atoms with E-state index in [0.717, 1.165) is 25.2 Å². The lowest BCUT2D eigenvalue weighted by Gasteiger charge is -2.28. The Hall–Kier alpha value is -0.900. The average molecular weight is 236 g/mol. The molecule has 0 atom stereocenters. The zero-order chi connectivity index (χ0) is 12.1. The molecule has 1 saturated carbocycles. The molecule has 17 heavy (non-hydrogen) atoms. The average Bonchev–Trinajstić information content (AvgIpc) is 2.90. The third-order valence-electron chi connectivity index (χ3n) is 3.80. The van der Waals surface area contributed by atoms with Crippen LogP contribution in [0, 0.1) is 5.41 Å². The van der Waals surface area contributed by atoms with Crippen LogP contribution in [0.2, 0.25) is 0 Å². The number of rotatable bonds is 6. The normalized spacial score (nSPS) is 18.7. The zero-order valence-corrected chi connectivity index (χ0v) is 11.1. The molecule has 96 valence electrons. The molecule has 1 aliphatic rings. The molecule has 1 aromatic rings. The first-order valence-electron chi connectivity index (χ1n) is 6.80. The van der Waals surface area contributed by atoms with Crippen molar-refractivity contribution in [1.29, 1.82) is 0 Å². The van der Waals surface area contributed by atoms with E-state index in [9.17, 15) is 0 Å². The fourth-order valence-electron chi connectivity index (χ4n) is 2.93. The van der Waals surface area contributed by atoms with Gasteiger partial charge in [0.2, 0.25) is 0 Å². The van der Waals surface area contributed by atoms with Gasteiger partial charge in [-0.05, 0) is 37.6 Å². The van der Waals surface area contributed by atoms with Crippen molar-refractivity contribution in [2.24, 2.45) is 12.5 Å². The fourth-order valence-corrected chi connectivity index (χ4v) is 2.93. The summed E-state index contributed by atoms with van der Waals surface area (Å²) in [5.74, 6) is 0. The number of hydrogen-bond acceptors (Lipinski definition) is 3. The van der Waals surface area contributed by atoms with E-state index in [0.29, 0.717) is 5.41 Å². The summed E-state index contributed by atoms with van der Waals surface area (Å²) in [7, 11) is 1.94. The number of aryl methyl sites for hydroxylation is 1. The highest BCUT2D eigenvalue weighted by Crippen LogP contribution is 2.40. The molecule has 4 nitrogen and oxygen atoms in total. The van der Waals surface area contributed by atoms with Crippen molar-refractivity contribution in [2.45, 2.75) is 45.4 Å². The molecule has 0 saturated heterocycles. The highest BCUT2D eigenvalue weighted by atomic mass is 15.4. The molecule has 1 aromatic heterocycles. The fraction of sp³-hybridized carbons (Fsp3) is 0.846. The van der Waals surface area contributed by atoms with Gasteiger partial charge in [0.15, 0.2) is 0 Å². The molecular formula is C13H24N4. The van der Waals surface area contributed by atoms with E-state index in [1.54, 1.807) is 4.68 Å². The zero-order valence-electron chi connectivity index (χ0n) is 11.1. The highest BCUT2D eigenvalue weighted by molar-refractivity contribution is 5.01. The van der Waals surface area contributed by atoms with Gasteiger partial charge in [-0.2, -0.15) is 0 Å². The molecule has 1 N–H and O–H groups in total. The summed E-state index contributed by atoms with van der Waals surface area (Å²) in [6, 6.07) is 0. The van der Waals surface area contributed by atoms with Crippen LogP contribution in [0.5, 0.6) is 0 Å². The number of nitrogens with one attached hydrogen (secondary N) is 1. The second kappa shape index (κ2) is 5.63. The van der Waals surface area contributed by atoms with E-state index < -0.39 is 0 Å². The predicted molar refractivity (Wildman–Crippen MR) is 68.8 cm³/mol. The Labute approximate surface area is 104 Å². The van der Waals surface area contributed by atoms with Crippen LogP contribution in [0.1, 0.15) is 44.7 Å². The Morgan fingerprint density at radius 3 is 2.76 bits per heavy atom. The van der Waals surface area contributed by atoms with Crippen LogP contribution in [0.3, 0.4) is 0 Å². The van der Waals surface area contributed by atoms with Crippen LogP contribution in [-0.2, 0) is 13.5 Å². The van der Waals surface area contributed by atoms with Crippen molar-refractivity contribution in [3.05, 3.63) is 11.9 Å². The molecule has 0 amide bonds. The predicted octanol–water partition coefficient (Wildman–Crippen LogP) is 1.92. The van der Waals surface area contributed by atoms with E-state index in [1.165, 1.54) is 32.1 Å². The van der Waals surface area contributed by atoms with E-state index >= 15 is 0 Å². The molecule has 0 unspecified atom stereocenters. The third-order valence-corrected chi connectivity index (χ3v) is 3.80. The molecule has 0 aromatic carbocycles. The molecular weight excluding hydrogens is 212 g/mol. The maximum Gasteiger partial charge on any atom is 0.0833 e. The van der Waals surface area contributed by atoms with Crippen LogP contribution in [0.15, 0.2) is 6.20 Å². The van der Waals surface area contributed by atoms with Crippen molar-refractivity contribution in [2.75, 3.05) is 13.1 Å². The molecule has 0 spiro atoms. The molecule has 2 rings (SSSR count). The van der Waals surface area contributed by atoms with Gasteiger partial charge in [-0.15, -0.1) is 5.10 Å². The highest BCUT2D eigenvalue weighted by Gasteiger charge is 2.34.